The van der Waals surface area contributed by atoms with Crippen molar-refractivity contribution in [2.45, 2.75) is 33.1 Å². The fourth-order valence-corrected chi connectivity index (χ4v) is 4.04. The van der Waals surface area contributed by atoms with Gasteiger partial charge in [0, 0.05) is 42.5 Å². The van der Waals surface area contributed by atoms with Gasteiger partial charge in [0.05, 0.1) is 6.20 Å². The molecule has 6 heteroatoms. The molecule has 0 unspecified atom stereocenters. The minimum atomic E-state index is 0.602. The molecule has 0 radical (unpaired) electrons. The van der Waals surface area contributed by atoms with E-state index in [1.807, 2.05) is 51.8 Å². The minimum Gasteiger partial charge on any atom is -0.340 e. The number of piperidine rings is 1. The number of nitrogens with zero attached hydrogens (tertiary/aromatic N) is 4. The van der Waals surface area contributed by atoms with E-state index in [9.17, 15) is 0 Å². The highest BCUT2D eigenvalue weighted by molar-refractivity contribution is 5.75. The molecule has 0 saturated carbocycles. The Morgan fingerprint density at radius 3 is 2.59 bits per heavy atom. The first kappa shape index (κ1) is 25.1. The van der Waals surface area contributed by atoms with Crippen LogP contribution in [0, 0.1) is 5.92 Å². The molecule has 0 aliphatic carbocycles. The van der Waals surface area contributed by atoms with Crippen LogP contribution >= 0.6 is 0 Å². The van der Waals surface area contributed by atoms with E-state index in [0.29, 0.717) is 11.7 Å². The summed E-state index contributed by atoms with van der Waals surface area (Å²) in [6.07, 6.45) is 17.2. The van der Waals surface area contributed by atoms with Crippen LogP contribution < -0.4 is 10.6 Å². The third kappa shape index (κ3) is 6.99. The highest BCUT2D eigenvalue weighted by Gasteiger charge is 2.14. The first-order valence-corrected chi connectivity index (χ1v) is 11.7. The van der Waals surface area contributed by atoms with Crippen LogP contribution in [0.2, 0.25) is 0 Å². The molecule has 1 saturated heterocycles. The number of aromatic nitrogens is 3. The average molecular weight is 457 g/mol. The number of aliphatic imine (C=N–C) groups is 1. The van der Waals surface area contributed by atoms with Gasteiger partial charge in [-0.15, -0.1) is 0 Å². The van der Waals surface area contributed by atoms with Gasteiger partial charge in [0.1, 0.15) is 5.82 Å². The van der Waals surface area contributed by atoms with Gasteiger partial charge in [-0.3, -0.25) is 9.67 Å². The first-order chi connectivity index (χ1) is 16.4. The molecule has 1 aliphatic heterocycles. The summed E-state index contributed by atoms with van der Waals surface area (Å²) in [5, 5.41) is 11.0. The molecule has 178 valence electrons. The highest BCUT2D eigenvalue weighted by Crippen LogP contribution is 2.23. The fraction of sp³-hybridized carbons (Fsp3) is 0.321. The summed E-state index contributed by atoms with van der Waals surface area (Å²) >= 11 is 0. The molecular weight excluding hydrogens is 420 g/mol. The summed E-state index contributed by atoms with van der Waals surface area (Å²) in [5.74, 6) is 1.30. The summed E-state index contributed by atoms with van der Waals surface area (Å²) in [6, 6.07) is 2.17. The van der Waals surface area contributed by atoms with E-state index in [4.69, 9.17) is 0 Å². The molecule has 3 rings (SSSR count). The van der Waals surface area contributed by atoms with Gasteiger partial charge < -0.3 is 10.6 Å². The Balaban J connectivity index is 1.77. The van der Waals surface area contributed by atoms with E-state index in [2.05, 4.69) is 63.8 Å². The van der Waals surface area contributed by atoms with E-state index in [1.54, 1.807) is 4.68 Å². The van der Waals surface area contributed by atoms with Crippen molar-refractivity contribution in [1.29, 1.82) is 0 Å². The van der Waals surface area contributed by atoms with Gasteiger partial charge in [-0.25, -0.2) is 4.99 Å². The van der Waals surface area contributed by atoms with E-state index < -0.39 is 0 Å². The summed E-state index contributed by atoms with van der Waals surface area (Å²) in [7, 11) is 1.91. The van der Waals surface area contributed by atoms with Crippen molar-refractivity contribution in [1.82, 2.24) is 25.4 Å². The molecule has 0 amide bonds. The van der Waals surface area contributed by atoms with Gasteiger partial charge in [-0.05, 0) is 93.8 Å². The lowest BCUT2D eigenvalue weighted by Crippen LogP contribution is -2.28. The SMILES string of the molecule is C=N\C(=C/C(=C/C(=C\C)c1cnn(C)c1)C(=C)C)NC(=C)c1cncc(CC2CCNCC2)c1. The molecule has 0 atom stereocenters. The Kier molecular flexibility index (Phi) is 8.93. The monoisotopic (exact) mass is 456 g/mol. The van der Waals surface area contributed by atoms with Crippen molar-refractivity contribution in [3.05, 3.63) is 95.9 Å². The Labute approximate surface area is 203 Å². The van der Waals surface area contributed by atoms with Gasteiger partial charge >= 0.3 is 0 Å². The van der Waals surface area contributed by atoms with Crippen molar-refractivity contribution in [3.63, 3.8) is 0 Å². The van der Waals surface area contributed by atoms with E-state index in [-0.39, 0.29) is 0 Å². The maximum atomic E-state index is 4.46. The van der Waals surface area contributed by atoms with Crippen LogP contribution in [-0.2, 0) is 13.5 Å². The average Bonchev–Trinajstić information content (AvgIpc) is 3.27. The van der Waals surface area contributed by atoms with E-state index in [1.165, 1.54) is 18.4 Å². The number of allylic oxidation sites excluding steroid dienone is 6. The van der Waals surface area contributed by atoms with E-state index in [0.717, 1.165) is 53.1 Å². The molecule has 2 aromatic rings. The second kappa shape index (κ2) is 12.1. The van der Waals surface area contributed by atoms with Gasteiger partial charge in [-0.2, -0.15) is 5.10 Å². The van der Waals surface area contributed by atoms with Crippen LogP contribution in [0.1, 0.15) is 43.4 Å². The quantitative estimate of drug-likeness (QED) is 0.387. The Hall–Kier alpha value is -3.51. The third-order valence-corrected chi connectivity index (χ3v) is 6.02. The summed E-state index contributed by atoms with van der Waals surface area (Å²) in [4.78, 5) is 8.65. The maximum Gasteiger partial charge on any atom is 0.130 e. The zero-order chi connectivity index (χ0) is 24.5. The number of aryl methyl sites for hydroxylation is 1. The largest absolute Gasteiger partial charge is 0.340 e. The lowest BCUT2D eigenvalue weighted by atomic mass is 9.91. The van der Waals surface area contributed by atoms with Gasteiger partial charge in [0.25, 0.3) is 0 Å². The van der Waals surface area contributed by atoms with Crippen molar-refractivity contribution in [3.8, 4) is 0 Å². The number of nitrogens with one attached hydrogen (secondary N) is 2. The van der Waals surface area contributed by atoms with Gasteiger partial charge in [0.2, 0.25) is 0 Å². The number of pyridine rings is 1. The molecule has 0 bridgehead atoms. The van der Waals surface area contributed by atoms with Gasteiger partial charge in [-0.1, -0.05) is 24.8 Å². The summed E-state index contributed by atoms with van der Waals surface area (Å²) in [5.41, 5.74) is 6.88. The van der Waals surface area contributed by atoms with Crippen LogP contribution in [0.4, 0.5) is 0 Å². The molecule has 34 heavy (non-hydrogen) atoms. The van der Waals surface area contributed by atoms with Crippen LogP contribution in [0.25, 0.3) is 11.3 Å². The summed E-state index contributed by atoms with van der Waals surface area (Å²) < 4.78 is 1.79. The van der Waals surface area contributed by atoms with Gasteiger partial charge in [0.15, 0.2) is 0 Å². The number of hydrogen-bond donors (Lipinski definition) is 2. The predicted molar refractivity (Wildman–Crippen MR) is 143 cm³/mol. The van der Waals surface area contributed by atoms with Crippen LogP contribution in [-0.4, -0.2) is 34.6 Å². The Morgan fingerprint density at radius 2 is 1.97 bits per heavy atom. The van der Waals surface area contributed by atoms with Crippen molar-refractivity contribution < 1.29 is 0 Å². The molecular formula is C28H36N6. The molecule has 1 fully saturated rings. The molecule has 1 aliphatic rings. The Bertz CT molecular complexity index is 1130. The van der Waals surface area contributed by atoms with Crippen molar-refractivity contribution in [2.24, 2.45) is 18.0 Å². The highest BCUT2D eigenvalue weighted by atomic mass is 15.2. The van der Waals surface area contributed by atoms with Crippen molar-refractivity contribution >= 4 is 18.0 Å². The normalized spacial score (nSPS) is 15.8. The van der Waals surface area contributed by atoms with Crippen LogP contribution in [0.5, 0.6) is 0 Å². The Morgan fingerprint density at radius 1 is 1.21 bits per heavy atom. The van der Waals surface area contributed by atoms with Crippen LogP contribution in [0.3, 0.4) is 0 Å². The maximum absolute atomic E-state index is 4.46. The second-order valence-electron chi connectivity index (χ2n) is 8.80. The minimum absolute atomic E-state index is 0.602. The topological polar surface area (TPSA) is 67.1 Å². The molecule has 3 heterocycles. The fourth-order valence-electron chi connectivity index (χ4n) is 4.04. The zero-order valence-electron chi connectivity index (χ0n) is 20.6. The molecule has 2 N–H and O–H groups in total. The smallest absolute Gasteiger partial charge is 0.130 e. The number of hydrogen-bond acceptors (Lipinski definition) is 5. The molecule has 0 aromatic carbocycles. The van der Waals surface area contributed by atoms with E-state index >= 15 is 0 Å². The second-order valence-corrected chi connectivity index (χ2v) is 8.80. The lowest BCUT2D eigenvalue weighted by Gasteiger charge is -2.22. The number of rotatable bonds is 10. The molecule has 0 spiro atoms. The van der Waals surface area contributed by atoms with Crippen LogP contribution in [0.15, 0.2) is 84.2 Å². The standard InChI is InChI=1S/C28H36N6/c1-7-24(27-18-32-34(6)19-27)14-25(20(2)3)15-28(29-5)33-21(4)26-13-23(16-31-17-26)12-22-8-10-30-11-9-22/h7,13-19,22,30,33H,2,4-5,8-12H2,1,3,6H3/b24-7+,25-14-,28-15+. The lowest BCUT2D eigenvalue weighted by molar-refractivity contribution is 0.372. The molecule has 6 nitrogen and oxygen atoms in total. The third-order valence-electron chi connectivity index (χ3n) is 6.02. The van der Waals surface area contributed by atoms with Crippen molar-refractivity contribution in [2.75, 3.05) is 13.1 Å². The summed E-state index contributed by atoms with van der Waals surface area (Å²) in [6.45, 7) is 18.3. The predicted octanol–water partition coefficient (Wildman–Crippen LogP) is 5.07. The zero-order valence-corrected chi connectivity index (χ0v) is 20.6. The molecule has 2 aromatic heterocycles. The first-order valence-electron chi connectivity index (χ1n) is 11.7.